The molecular weight excluding hydrogens is 260 g/mol. The highest BCUT2D eigenvalue weighted by Crippen LogP contribution is 2.17. The Kier molecular flexibility index (Phi) is 6.64. The Morgan fingerprint density at radius 2 is 2.15 bits per heavy atom. The summed E-state index contributed by atoms with van der Waals surface area (Å²) >= 11 is 0. The van der Waals surface area contributed by atoms with E-state index in [0.717, 1.165) is 0 Å². The summed E-state index contributed by atoms with van der Waals surface area (Å²) in [7, 11) is 0. The fraction of sp³-hybridized carbons (Fsp3) is 0.786. The average molecular weight is 286 g/mol. The summed E-state index contributed by atoms with van der Waals surface area (Å²) in [6, 6.07) is 0. The molecule has 6 nitrogen and oxygen atoms in total. The second-order valence-corrected chi connectivity index (χ2v) is 5.55. The van der Waals surface area contributed by atoms with Gasteiger partial charge in [-0.05, 0) is 5.92 Å². The van der Waals surface area contributed by atoms with Crippen molar-refractivity contribution in [3.63, 3.8) is 0 Å². The summed E-state index contributed by atoms with van der Waals surface area (Å²) < 4.78 is 5.30. The van der Waals surface area contributed by atoms with Crippen molar-refractivity contribution in [1.82, 2.24) is 10.2 Å². The van der Waals surface area contributed by atoms with Crippen molar-refractivity contribution in [1.29, 1.82) is 0 Å². The number of imide groups is 1. The molecule has 1 rings (SSSR count). The minimum Gasteiger partial charge on any atom is -0.379 e. The van der Waals surface area contributed by atoms with Crippen molar-refractivity contribution < 1.29 is 20.5 Å². The van der Waals surface area contributed by atoms with Crippen molar-refractivity contribution in [2.24, 2.45) is 11.8 Å². The molecule has 0 aromatic rings. The van der Waals surface area contributed by atoms with Crippen LogP contribution in [0.2, 0.25) is 0 Å². The van der Waals surface area contributed by atoms with E-state index >= 15 is 0 Å². The van der Waals surface area contributed by atoms with E-state index in [1.54, 1.807) is 6.92 Å². The Hall–Kier alpha value is -1.43. The van der Waals surface area contributed by atoms with Crippen molar-refractivity contribution >= 4 is 17.7 Å². The summed E-state index contributed by atoms with van der Waals surface area (Å²) in [6.07, 6.45) is 0.585. The van der Waals surface area contributed by atoms with Crippen LogP contribution in [0.5, 0.6) is 0 Å². The SMILES string of the molecule is CC(C)CNC(=O)CCOCCN1C(=O)CC(C)C1=O.[HH]. The highest BCUT2D eigenvalue weighted by atomic mass is 16.5. The first kappa shape index (κ1) is 16.6. The predicted molar refractivity (Wildman–Crippen MR) is 75.9 cm³/mol. The number of ether oxygens (including phenoxy) is 1. The molecule has 3 amide bonds. The normalized spacial score (nSPS) is 19.0. The van der Waals surface area contributed by atoms with Crippen LogP contribution >= 0.6 is 0 Å². The molecule has 0 aliphatic carbocycles. The molecule has 0 spiro atoms. The van der Waals surface area contributed by atoms with Crippen LogP contribution in [0.3, 0.4) is 0 Å². The van der Waals surface area contributed by atoms with Gasteiger partial charge in [-0.3, -0.25) is 19.3 Å². The van der Waals surface area contributed by atoms with Gasteiger partial charge in [0.1, 0.15) is 0 Å². The van der Waals surface area contributed by atoms with Crippen LogP contribution in [0.1, 0.15) is 35.0 Å². The second kappa shape index (κ2) is 7.99. The second-order valence-electron chi connectivity index (χ2n) is 5.55. The number of rotatable bonds is 8. The maximum atomic E-state index is 11.6. The Labute approximate surface area is 121 Å². The van der Waals surface area contributed by atoms with E-state index in [9.17, 15) is 14.4 Å². The van der Waals surface area contributed by atoms with Gasteiger partial charge in [-0.2, -0.15) is 0 Å². The topological polar surface area (TPSA) is 75.7 Å². The first-order valence-corrected chi connectivity index (χ1v) is 7.10. The van der Waals surface area contributed by atoms with Crippen LogP contribution in [0.25, 0.3) is 0 Å². The molecule has 0 aromatic carbocycles. The third-order valence-electron chi connectivity index (χ3n) is 3.11. The fourth-order valence-electron chi connectivity index (χ4n) is 1.91. The van der Waals surface area contributed by atoms with Gasteiger partial charge in [-0.25, -0.2) is 0 Å². The molecule has 6 heteroatoms. The first-order valence-electron chi connectivity index (χ1n) is 7.10. The van der Waals surface area contributed by atoms with Crippen LogP contribution in [0, 0.1) is 11.8 Å². The number of hydrogen-bond acceptors (Lipinski definition) is 4. The summed E-state index contributed by atoms with van der Waals surface area (Å²) in [5.41, 5.74) is 0. The van der Waals surface area contributed by atoms with Crippen molar-refractivity contribution in [2.75, 3.05) is 26.3 Å². The van der Waals surface area contributed by atoms with Crippen molar-refractivity contribution in [2.45, 2.75) is 33.6 Å². The number of likely N-dealkylation sites (tertiary alicyclic amines) is 1. The molecular formula is C14H26N2O4. The zero-order valence-electron chi connectivity index (χ0n) is 12.5. The molecule has 0 bridgehead atoms. The van der Waals surface area contributed by atoms with Gasteiger partial charge in [-0.1, -0.05) is 20.8 Å². The summed E-state index contributed by atoms with van der Waals surface area (Å²) in [5.74, 6) is -0.104. The maximum absolute atomic E-state index is 11.6. The summed E-state index contributed by atoms with van der Waals surface area (Å²) in [6.45, 7) is 7.32. The molecule has 0 aromatic heterocycles. The molecule has 20 heavy (non-hydrogen) atoms. The smallest absolute Gasteiger partial charge is 0.232 e. The fourth-order valence-corrected chi connectivity index (χ4v) is 1.91. The molecule has 116 valence electrons. The molecule has 1 aliphatic heterocycles. The van der Waals surface area contributed by atoms with Gasteiger partial charge < -0.3 is 10.1 Å². The van der Waals surface area contributed by atoms with Crippen LogP contribution in [0.15, 0.2) is 0 Å². The third kappa shape index (κ3) is 5.28. The molecule has 1 saturated heterocycles. The Bertz CT molecular complexity index is 374. The van der Waals surface area contributed by atoms with Crippen LogP contribution in [0.4, 0.5) is 0 Å². The number of hydrogen-bond donors (Lipinski definition) is 1. The highest BCUT2D eigenvalue weighted by molar-refractivity contribution is 6.03. The van der Waals surface area contributed by atoms with Crippen LogP contribution in [-0.2, 0) is 19.1 Å². The Balaban J connectivity index is 0.00000400. The van der Waals surface area contributed by atoms with E-state index in [-0.39, 0.29) is 44.6 Å². The number of nitrogens with one attached hydrogen (secondary N) is 1. The lowest BCUT2D eigenvalue weighted by Gasteiger charge is -2.14. The van der Waals surface area contributed by atoms with E-state index in [1.165, 1.54) is 4.90 Å². The van der Waals surface area contributed by atoms with Crippen molar-refractivity contribution in [3.05, 3.63) is 0 Å². The largest absolute Gasteiger partial charge is 0.379 e. The van der Waals surface area contributed by atoms with Gasteiger partial charge in [0.25, 0.3) is 0 Å². The zero-order valence-corrected chi connectivity index (χ0v) is 12.5. The lowest BCUT2D eigenvalue weighted by molar-refractivity contribution is -0.140. The standard InChI is InChI=1S/C14H24N2O4.H2/c1-10(2)9-15-12(17)4-6-20-7-5-16-13(18)8-11(3)14(16)19;/h10-11H,4-9H2,1-3H3,(H,15,17);1H. The average Bonchev–Trinajstić information content (AvgIpc) is 2.62. The summed E-state index contributed by atoms with van der Waals surface area (Å²) in [4.78, 5) is 35.8. The van der Waals surface area contributed by atoms with E-state index in [2.05, 4.69) is 5.32 Å². The molecule has 1 fully saturated rings. The van der Waals surface area contributed by atoms with Gasteiger partial charge in [0.2, 0.25) is 17.7 Å². The molecule has 1 unspecified atom stereocenters. The number of amides is 3. The monoisotopic (exact) mass is 286 g/mol. The molecule has 1 N–H and O–H groups in total. The zero-order chi connectivity index (χ0) is 15.1. The van der Waals surface area contributed by atoms with Crippen LogP contribution in [-0.4, -0.2) is 48.9 Å². The predicted octanol–water partition coefficient (Wildman–Crippen LogP) is 0.806. The quantitative estimate of drug-likeness (QED) is 0.529. The summed E-state index contributed by atoms with van der Waals surface area (Å²) in [5, 5.41) is 2.80. The molecule has 0 radical (unpaired) electrons. The third-order valence-corrected chi connectivity index (χ3v) is 3.11. The van der Waals surface area contributed by atoms with E-state index in [0.29, 0.717) is 25.5 Å². The van der Waals surface area contributed by atoms with Crippen LogP contribution < -0.4 is 5.32 Å². The molecule has 1 heterocycles. The highest BCUT2D eigenvalue weighted by Gasteiger charge is 2.34. The van der Waals surface area contributed by atoms with E-state index in [4.69, 9.17) is 4.74 Å². The maximum Gasteiger partial charge on any atom is 0.232 e. The molecule has 1 atom stereocenters. The van der Waals surface area contributed by atoms with E-state index < -0.39 is 0 Å². The number of nitrogens with zero attached hydrogens (tertiary/aromatic N) is 1. The molecule has 1 aliphatic rings. The Morgan fingerprint density at radius 3 is 2.70 bits per heavy atom. The lowest BCUT2D eigenvalue weighted by atomic mass is 10.1. The first-order chi connectivity index (χ1) is 9.41. The van der Waals surface area contributed by atoms with Crippen molar-refractivity contribution in [3.8, 4) is 0 Å². The van der Waals surface area contributed by atoms with Gasteiger partial charge in [0, 0.05) is 26.7 Å². The van der Waals surface area contributed by atoms with E-state index in [1.807, 2.05) is 13.8 Å². The minimum atomic E-state index is -0.218. The van der Waals surface area contributed by atoms with Gasteiger partial charge >= 0.3 is 0 Å². The molecule has 0 saturated carbocycles. The van der Waals surface area contributed by atoms with Gasteiger partial charge in [0.15, 0.2) is 0 Å². The Morgan fingerprint density at radius 1 is 1.45 bits per heavy atom. The number of carbonyl (C=O) groups is 3. The number of carbonyl (C=O) groups excluding carboxylic acids is 3. The lowest BCUT2D eigenvalue weighted by Crippen LogP contribution is -2.34. The minimum absolute atomic E-state index is 0. The van der Waals surface area contributed by atoms with Gasteiger partial charge in [0.05, 0.1) is 19.8 Å². The van der Waals surface area contributed by atoms with Gasteiger partial charge in [-0.15, -0.1) is 0 Å².